The Morgan fingerprint density at radius 3 is 1.06 bits per heavy atom. The average molecular weight is 815 g/mol. The first-order valence-corrected chi connectivity index (χ1v) is 22.3. The molecule has 5 aromatic carbocycles. The highest BCUT2D eigenvalue weighted by Crippen LogP contribution is 2.50. The fourth-order valence-electron chi connectivity index (χ4n) is 11.2. The minimum absolute atomic E-state index is 0.326. The molecule has 0 bridgehead atoms. The second-order valence-corrected chi connectivity index (χ2v) is 16.7. The van der Waals surface area contributed by atoms with E-state index in [0.717, 1.165) is 65.1 Å². The molecular weight excluding hydrogens is 761 g/mol. The number of carbonyl (C=O) groups excluding carboxylic acids is 1. The molecule has 0 radical (unpaired) electrons. The van der Waals surface area contributed by atoms with E-state index in [1.54, 1.807) is 0 Å². The summed E-state index contributed by atoms with van der Waals surface area (Å²) < 4.78 is 16.8. The number of rotatable bonds is 10. The number of aromatic nitrogens is 4. The summed E-state index contributed by atoms with van der Waals surface area (Å²) >= 11 is 0. The minimum Gasteiger partial charge on any atom is -0.442 e. The molecule has 0 N–H and O–H groups in total. The maximum Gasteiger partial charge on any atom is 0.340 e. The van der Waals surface area contributed by atoms with Crippen molar-refractivity contribution in [3.63, 3.8) is 0 Å². The zero-order valence-electron chi connectivity index (χ0n) is 37.1. The Morgan fingerprint density at radius 2 is 0.742 bits per heavy atom. The molecule has 0 saturated heterocycles. The summed E-state index contributed by atoms with van der Waals surface area (Å²) in [5, 5.41) is 4.69. The minimum atomic E-state index is -1.31. The van der Waals surface area contributed by atoms with Crippen LogP contribution in [0.4, 0.5) is 0 Å². The molecule has 0 saturated carbocycles. The fraction of sp³-hybridized carbons (Fsp3) is 0.232. The van der Waals surface area contributed by atoms with Gasteiger partial charge in [0.15, 0.2) is 5.60 Å². The third kappa shape index (κ3) is 5.58. The van der Waals surface area contributed by atoms with Gasteiger partial charge in [-0.05, 0) is 109 Å². The SMILES string of the molecule is CCn1c(C)c(C(=CC2(C=C(c3c(C)n(CC)c4ccccc34)c3c(C)n(CC)c4ccccc34)OC(=O)c3ccccc32)c2c(C)n(CC)c3ccccc23)c2ccccc21. The van der Waals surface area contributed by atoms with Gasteiger partial charge in [0.05, 0.1) is 5.56 Å². The molecule has 1 aliphatic heterocycles. The van der Waals surface area contributed by atoms with Crippen molar-refractivity contribution in [3.05, 3.63) is 190 Å². The highest BCUT2D eigenvalue weighted by atomic mass is 16.6. The van der Waals surface area contributed by atoms with Crippen LogP contribution < -0.4 is 0 Å². The predicted octanol–water partition coefficient (Wildman–Crippen LogP) is 13.4. The molecule has 0 amide bonds. The van der Waals surface area contributed by atoms with Crippen molar-refractivity contribution < 1.29 is 9.53 Å². The van der Waals surface area contributed by atoms with Crippen LogP contribution in [-0.2, 0) is 36.5 Å². The molecule has 5 heterocycles. The van der Waals surface area contributed by atoms with Crippen LogP contribution in [0.3, 0.4) is 0 Å². The molecule has 4 aromatic heterocycles. The number of esters is 1. The molecule has 310 valence electrons. The lowest BCUT2D eigenvalue weighted by Crippen LogP contribution is -2.23. The van der Waals surface area contributed by atoms with Crippen LogP contribution in [0.25, 0.3) is 54.8 Å². The van der Waals surface area contributed by atoms with Crippen LogP contribution in [0, 0.1) is 27.7 Å². The number of hydrogen-bond donors (Lipinski definition) is 0. The predicted molar refractivity (Wildman–Crippen MR) is 257 cm³/mol. The Bertz CT molecular complexity index is 2970. The quantitative estimate of drug-likeness (QED) is 0.129. The molecule has 0 spiro atoms. The fourth-order valence-corrected chi connectivity index (χ4v) is 11.2. The van der Waals surface area contributed by atoms with E-state index in [1.165, 1.54) is 66.4 Å². The molecule has 0 aliphatic carbocycles. The molecule has 10 rings (SSSR count). The first-order valence-electron chi connectivity index (χ1n) is 22.3. The topological polar surface area (TPSA) is 46.0 Å². The van der Waals surface area contributed by atoms with Crippen LogP contribution >= 0.6 is 0 Å². The van der Waals surface area contributed by atoms with Gasteiger partial charge in [0, 0.05) is 120 Å². The van der Waals surface area contributed by atoms with Crippen LogP contribution in [0.15, 0.2) is 133 Å². The second kappa shape index (κ2) is 15.0. The van der Waals surface area contributed by atoms with E-state index >= 15 is 0 Å². The number of aryl methyl sites for hydroxylation is 4. The number of nitrogens with zero attached hydrogens (tertiary/aromatic N) is 4. The average Bonchev–Trinajstić information content (AvgIpc) is 4.02. The van der Waals surface area contributed by atoms with Crippen LogP contribution in [-0.4, -0.2) is 24.2 Å². The van der Waals surface area contributed by atoms with Crippen molar-refractivity contribution in [2.24, 2.45) is 0 Å². The number of benzene rings is 5. The summed E-state index contributed by atoms with van der Waals surface area (Å²) in [6.45, 7) is 21.2. The Labute approximate surface area is 364 Å². The van der Waals surface area contributed by atoms with Gasteiger partial charge in [-0.25, -0.2) is 4.79 Å². The molecular formula is C56H54N4O2. The first kappa shape index (κ1) is 39.4. The van der Waals surface area contributed by atoms with Crippen LogP contribution in [0.2, 0.25) is 0 Å². The van der Waals surface area contributed by atoms with E-state index in [4.69, 9.17) is 4.74 Å². The van der Waals surface area contributed by atoms with Gasteiger partial charge in [-0.3, -0.25) is 0 Å². The molecule has 9 aromatic rings. The second-order valence-electron chi connectivity index (χ2n) is 16.7. The maximum atomic E-state index is 14.6. The van der Waals surface area contributed by atoms with Crippen LogP contribution in [0.1, 0.15) is 88.6 Å². The van der Waals surface area contributed by atoms with E-state index in [-0.39, 0.29) is 5.97 Å². The van der Waals surface area contributed by atoms with Gasteiger partial charge < -0.3 is 23.0 Å². The van der Waals surface area contributed by atoms with Crippen molar-refractivity contribution in [1.29, 1.82) is 0 Å². The van der Waals surface area contributed by atoms with Crippen LogP contribution in [0.5, 0.6) is 0 Å². The standard InChI is InChI=1S/C56H54N4O2/c1-9-57-35(5)51(40-24-14-19-29-47(40)57)44(52-36(6)58(10-2)48-30-20-15-25-41(48)52)33-56(46-28-18-13-23-39(46)55(61)62-56)34-45(53-37(7)59(11-3)49-31-21-16-26-42(49)53)54-38(8)60(12-4)50-32-22-17-27-43(50)54/h13-34H,9-12H2,1-8H3. The number of fused-ring (bicyclic) bond motifs is 5. The summed E-state index contributed by atoms with van der Waals surface area (Å²) in [6.07, 6.45) is 4.62. The lowest BCUT2D eigenvalue weighted by Gasteiger charge is -2.27. The van der Waals surface area contributed by atoms with Gasteiger partial charge in [-0.2, -0.15) is 0 Å². The summed E-state index contributed by atoms with van der Waals surface area (Å²) in [6, 6.07) is 43.0. The van der Waals surface area contributed by atoms with E-state index in [2.05, 4.69) is 189 Å². The van der Waals surface area contributed by atoms with E-state index in [1.807, 2.05) is 18.2 Å². The Balaban J connectivity index is 1.43. The number of carbonyl (C=O) groups is 1. The maximum absolute atomic E-state index is 14.6. The highest BCUT2D eigenvalue weighted by molar-refractivity contribution is 6.09. The van der Waals surface area contributed by atoms with Gasteiger partial charge >= 0.3 is 5.97 Å². The summed E-state index contributed by atoms with van der Waals surface area (Å²) in [7, 11) is 0. The van der Waals surface area contributed by atoms with E-state index < -0.39 is 5.60 Å². The summed E-state index contributed by atoms with van der Waals surface area (Å²) in [4.78, 5) is 14.6. The number of hydrogen-bond acceptors (Lipinski definition) is 2. The molecule has 0 atom stereocenters. The first-order chi connectivity index (χ1) is 30.2. The van der Waals surface area contributed by atoms with Crippen molar-refractivity contribution in [1.82, 2.24) is 18.3 Å². The largest absolute Gasteiger partial charge is 0.442 e. The molecule has 6 nitrogen and oxygen atoms in total. The third-order valence-corrected chi connectivity index (χ3v) is 13.8. The summed E-state index contributed by atoms with van der Waals surface area (Å²) in [5.74, 6) is -0.326. The number of para-hydroxylation sites is 4. The Morgan fingerprint density at radius 1 is 0.452 bits per heavy atom. The van der Waals surface area contributed by atoms with Gasteiger partial charge in [0.2, 0.25) is 0 Å². The van der Waals surface area contributed by atoms with Crippen molar-refractivity contribution in [2.75, 3.05) is 0 Å². The van der Waals surface area contributed by atoms with Crippen molar-refractivity contribution in [2.45, 2.75) is 87.2 Å². The van der Waals surface area contributed by atoms with Gasteiger partial charge in [0.25, 0.3) is 0 Å². The van der Waals surface area contributed by atoms with E-state index in [0.29, 0.717) is 5.56 Å². The molecule has 0 unspecified atom stereocenters. The van der Waals surface area contributed by atoms with Crippen molar-refractivity contribution in [3.8, 4) is 0 Å². The highest BCUT2D eigenvalue weighted by Gasteiger charge is 2.45. The molecule has 0 fully saturated rings. The molecule has 6 heteroatoms. The Kier molecular flexibility index (Phi) is 9.51. The third-order valence-electron chi connectivity index (χ3n) is 13.8. The number of cyclic esters (lactones) is 1. The lowest BCUT2D eigenvalue weighted by molar-refractivity contribution is 0.0300. The van der Waals surface area contributed by atoms with E-state index in [9.17, 15) is 4.79 Å². The number of ether oxygens (including phenoxy) is 1. The smallest absolute Gasteiger partial charge is 0.340 e. The van der Waals surface area contributed by atoms with Gasteiger partial charge in [-0.15, -0.1) is 0 Å². The molecule has 62 heavy (non-hydrogen) atoms. The Hall–Kier alpha value is -6.79. The van der Waals surface area contributed by atoms with Crippen molar-refractivity contribution >= 4 is 60.7 Å². The molecule has 1 aliphatic rings. The zero-order valence-corrected chi connectivity index (χ0v) is 37.1. The van der Waals surface area contributed by atoms with Gasteiger partial charge in [0.1, 0.15) is 0 Å². The van der Waals surface area contributed by atoms with Gasteiger partial charge in [-0.1, -0.05) is 91.0 Å². The monoisotopic (exact) mass is 814 g/mol. The zero-order chi connectivity index (χ0) is 43.0. The summed E-state index contributed by atoms with van der Waals surface area (Å²) in [5.41, 5.74) is 16.2. The normalized spacial score (nSPS) is 13.4. The lowest BCUT2D eigenvalue weighted by atomic mass is 9.81.